The minimum absolute atomic E-state index is 0.0372. The molecule has 1 amide bonds. The smallest absolute Gasteiger partial charge is 0.238 e. The number of carbonyl (C=O) groups excluding carboxylic acids is 1. The number of methoxy groups -OCH3 is 1. The predicted molar refractivity (Wildman–Crippen MR) is 84.3 cm³/mol. The number of nitrogens with one attached hydrogen (secondary N) is 1. The first-order valence-corrected chi connectivity index (χ1v) is 7.15. The molecule has 0 aliphatic heterocycles. The first kappa shape index (κ1) is 17.8. The zero-order valence-corrected chi connectivity index (χ0v) is 13.3. The van der Waals surface area contributed by atoms with Gasteiger partial charge in [0.2, 0.25) is 5.91 Å². The third-order valence-corrected chi connectivity index (χ3v) is 3.29. The second-order valence-electron chi connectivity index (χ2n) is 5.31. The Labute approximate surface area is 137 Å². The van der Waals surface area contributed by atoms with E-state index >= 15 is 0 Å². The first-order chi connectivity index (χ1) is 11.4. The molecule has 0 aromatic heterocycles. The molecule has 24 heavy (non-hydrogen) atoms. The number of ether oxygens (including phenoxy) is 1. The van der Waals surface area contributed by atoms with Gasteiger partial charge in [-0.05, 0) is 36.9 Å². The highest BCUT2D eigenvalue weighted by Crippen LogP contribution is 2.18. The van der Waals surface area contributed by atoms with E-state index in [0.717, 1.165) is 12.1 Å². The molecule has 7 heteroatoms. The molecule has 0 heterocycles. The van der Waals surface area contributed by atoms with Gasteiger partial charge in [0.15, 0.2) is 11.6 Å². The Bertz CT molecular complexity index is 738. The second-order valence-corrected chi connectivity index (χ2v) is 5.31. The summed E-state index contributed by atoms with van der Waals surface area (Å²) in [7, 11) is 3.05. The number of rotatable bonds is 6. The van der Waals surface area contributed by atoms with Crippen molar-refractivity contribution in [2.24, 2.45) is 0 Å². The molecule has 0 bridgehead atoms. The Balaban J connectivity index is 1.92. The van der Waals surface area contributed by atoms with E-state index in [0.29, 0.717) is 18.2 Å². The summed E-state index contributed by atoms with van der Waals surface area (Å²) in [4.78, 5) is 13.5. The van der Waals surface area contributed by atoms with E-state index in [1.54, 1.807) is 18.0 Å². The van der Waals surface area contributed by atoms with Gasteiger partial charge in [-0.15, -0.1) is 0 Å². The average molecular weight is 338 g/mol. The van der Waals surface area contributed by atoms with Crippen molar-refractivity contribution in [1.82, 2.24) is 4.90 Å². The monoisotopic (exact) mass is 338 g/mol. The molecule has 0 saturated carbocycles. The van der Waals surface area contributed by atoms with E-state index in [4.69, 9.17) is 4.74 Å². The van der Waals surface area contributed by atoms with E-state index in [-0.39, 0.29) is 18.0 Å². The molecular weight excluding hydrogens is 321 g/mol. The van der Waals surface area contributed by atoms with Crippen molar-refractivity contribution in [3.8, 4) is 5.75 Å². The van der Waals surface area contributed by atoms with Gasteiger partial charge in [-0.1, -0.05) is 6.07 Å². The fraction of sp³-hybridized carbons (Fsp3) is 0.235. The standard InChI is InChI=1S/C17H17F3N2O2/c1-22(9-11-3-6-16(24-2)14(20)7-11)10-17(23)21-15-5-4-12(18)8-13(15)19/h3-8H,9-10H2,1-2H3,(H,21,23). The van der Waals surface area contributed by atoms with E-state index in [2.05, 4.69) is 5.32 Å². The van der Waals surface area contributed by atoms with Gasteiger partial charge in [-0.25, -0.2) is 13.2 Å². The van der Waals surface area contributed by atoms with Crippen molar-refractivity contribution < 1.29 is 22.7 Å². The first-order valence-electron chi connectivity index (χ1n) is 7.15. The number of hydrogen-bond acceptors (Lipinski definition) is 3. The molecule has 4 nitrogen and oxygen atoms in total. The molecule has 0 aliphatic carbocycles. The lowest BCUT2D eigenvalue weighted by Gasteiger charge is -2.17. The summed E-state index contributed by atoms with van der Waals surface area (Å²) in [6, 6.07) is 7.43. The summed E-state index contributed by atoms with van der Waals surface area (Å²) in [6.45, 7) is 0.282. The fourth-order valence-electron chi connectivity index (χ4n) is 2.20. The molecule has 0 fully saturated rings. The number of amides is 1. The third kappa shape index (κ3) is 4.73. The molecule has 0 aliphatic rings. The summed E-state index contributed by atoms with van der Waals surface area (Å²) in [6.07, 6.45) is 0. The van der Waals surface area contributed by atoms with Crippen molar-refractivity contribution in [2.75, 3.05) is 26.0 Å². The summed E-state index contributed by atoms with van der Waals surface area (Å²) in [5.41, 5.74) is 0.571. The van der Waals surface area contributed by atoms with Gasteiger partial charge in [0, 0.05) is 12.6 Å². The summed E-state index contributed by atoms with van der Waals surface area (Å²) in [5.74, 6) is -2.36. The van der Waals surface area contributed by atoms with E-state index < -0.39 is 23.4 Å². The van der Waals surface area contributed by atoms with Gasteiger partial charge in [-0.2, -0.15) is 0 Å². The van der Waals surface area contributed by atoms with Crippen LogP contribution in [0, 0.1) is 17.5 Å². The summed E-state index contributed by atoms with van der Waals surface area (Å²) >= 11 is 0. The van der Waals surface area contributed by atoms with E-state index in [9.17, 15) is 18.0 Å². The van der Waals surface area contributed by atoms with E-state index in [1.807, 2.05) is 0 Å². The molecule has 0 spiro atoms. The SMILES string of the molecule is COc1ccc(CN(C)CC(=O)Nc2ccc(F)cc2F)cc1F. The number of anilines is 1. The molecular formula is C17H17F3N2O2. The number of benzene rings is 2. The minimum atomic E-state index is -0.844. The third-order valence-electron chi connectivity index (χ3n) is 3.29. The van der Waals surface area contributed by atoms with Crippen LogP contribution in [0.15, 0.2) is 36.4 Å². The van der Waals surface area contributed by atoms with Crippen molar-refractivity contribution in [3.05, 3.63) is 59.4 Å². The molecule has 0 unspecified atom stereocenters. The van der Waals surface area contributed by atoms with Crippen LogP contribution in [0.2, 0.25) is 0 Å². The Hall–Kier alpha value is -2.54. The predicted octanol–water partition coefficient (Wildman–Crippen LogP) is 3.18. The van der Waals surface area contributed by atoms with Crippen molar-refractivity contribution in [1.29, 1.82) is 0 Å². The quantitative estimate of drug-likeness (QED) is 0.880. The van der Waals surface area contributed by atoms with Gasteiger partial charge in [0.1, 0.15) is 11.6 Å². The summed E-state index contributed by atoms with van der Waals surface area (Å²) in [5, 5.41) is 2.37. The van der Waals surface area contributed by atoms with Crippen LogP contribution in [-0.2, 0) is 11.3 Å². The van der Waals surface area contributed by atoms with Gasteiger partial charge in [-0.3, -0.25) is 9.69 Å². The lowest BCUT2D eigenvalue weighted by Crippen LogP contribution is -2.30. The van der Waals surface area contributed by atoms with Crippen molar-refractivity contribution in [2.45, 2.75) is 6.54 Å². The van der Waals surface area contributed by atoms with Crippen LogP contribution in [0.1, 0.15) is 5.56 Å². The normalized spacial score (nSPS) is 10.8. The Morgan fingerprint density at radius 3 is 2.50 bits per heavy atom. The minimum Gasteiger partial charge on any atom is -0.494 e. The number of carbonyl (C=O) groups is 1. The molecule has 1 N–H and O–H groups in total. The second kappa shape index (κ2) is 7.83. The van der Waals surface area contributed by atoms with Crippen LogP contribution in [-0.4, -0.2) is 31.5 Å². The largest absolute Gasteiger partial charge is 0.494 e. The van der Waals surface area contributed by atoms with Gasteiger partial charge in [0.25, 0.3) is 0 Å². The maximum atomic E-state index is 13.6. The molecule has 0 atom stereocenters. The molecule has 128 valence electrons. The highest BCUT2D eigenvalue weighted by Gasteiger charge is 2.12. The van der Waals surface area contributed by atoms with E-state index in [1.165, 1.54) is 19.2 Å². The Kier molecular flexibility index (Phi) is 5.81. The van der Waals surface area contributed by atoms with Crippen molar-refractivity contribution >= 4 is 11.6 Å². The zero-order chi connectivity index (χ0) is 17.7. The van der Waals surface area contributed by atoms with Crippen LogP contribution < -0.4 is 10.1 Å². The molecule has 2 aromatic rings. The zero-order valence-electron chi connectivity index (χ0n) is 13.3. The lowest BCUT2D eigenvalue weighted by molar-refractivity contribution is -0.117. The number of nitrogens with zero attached hydrogens (tertiary/aromatic N) is 1. The maximum absolute atomic E-state index is 13.6. The summed E-state index contributed by atoms with van der Waals surface area (Å²) < 4.78 is 44.8. The number of halogens is 3. The van der Waals surface area contributed by atoms with Crippen LogP contribution >= 0.6 is 0 Å². The molecule has 0 radical (unpaired) electrons. The van der Waals surface area contributed by atoms with Crippen LogP contribution in [0.5, 0.6) is 5.75 Å². The Morgan fingerprint density at radius 1 is 1.12 bits per heavy atom. The molecule has 2 rings (SSSR count). The topological polar surface area (TPSA) is 41.6 Å². The highest BCUT2D eigenvalue weighted by molar-refractivity contribution is 5.92. The van der Waals surface area contributed by atoms with Gasteiger partial charge < -0.3 is 10.1 Å². The van der Waals surface area contributed by atoms with Crippen LogP contribution in [0.4, 0.5) is 18.9 Å². The van der Waals surface area contributed by atoms with Crippen LogP contribution in [0.3, 0.4) is 0 Å². The Morgan fingerprint density at radius 2 is 1.88 bits per heavy atom. The van der Waals surface area contributed by atoms with Gasteiger partial charge in [0.05, 0.1) is 19.3 Å². The lowest BCUT2D eigenvalue weighted by atomic mass is 10.2. The van der Waals surface area contributed by atoms with Crippen LogP contribution in [0.25, 0.3) is 0 Å². The maximum Gasteiger partial charge on any atom is 0.238 e. The van der Waals surface area contributed by atoms with Crippen molar-refractivity contribution in [3.63, 3.8) is 0 Å². The number of hydrogen-bond donors (Lipinski definition) is 1. The average Bonchev–Trinajstić information content (AvgIpc) is 2.50. The molecule has 0 saturated heterocycles. The van der Waals surface area contributed by atoms with Gasteiger partial charge >= 0.3 is 0 Å². The number of likely N-dealkylation sites (N-methyl/N-ethyl adjacent to an activating group) is 1. The highest BCUT2D eigenvalue weighted by atomic mass is 19.1. The molecule has 2 aromatic carbocycles. The fourth-order valence-corrected chi connectivity index (χ4v) is 2.20.